The molecular weight excluding hydrogens is 714 g/mol. The maximum atomic E-state index is 13.3. The molecule has 1 unspecified atom stereocenters. The van der Waals surface area contributed by atoms with Crippen molar-refractivity contribution in [1.82, 2.24) is 15.1 Å². The highest BCUT2D eigenvalue weighted by molar-refractivity contribution is 6.06. The van der Waals surface area contributed by atoms with Gasteiger partial charge in [-0.1, -0.05) is 91.0 Å². The van der Waals surface area contributed by atoms with Crippen LogP contribution >= 0.6 is 0 Å². The number of likely N-dealkylation sites (tertiary alicyclic amines) is 2. The molecule has 0 saturated carbocycles. The van der Waals surface area contributed by atoms with Crippen LogP contribution in [0.15, 0.2) is 103 Å². The molecule has 4 atom stereocenters. The first-order valence-electron chi connectivity index (χ1n) is 19.3. The van der Waals surface area contributed by atoms with Gasteiger partial charge in [0.25, 0.3) is 5.91 Å². The lowest BCUT2D eigenvalue weighted by Crippen LogP contribution is -2.48. The Morgan fingerprint density at radius 3 is 2.27 bits per heavy atom. The summed E-state index contributed by atoms with van der Waals surface area (Å²) in [6.07, 6.45) is 0.532. The molecule has 0 aromatic heterocycles. The summed E-state index contributed by atoms with van der Waals surface area (Å²) in [6.45, 7) is 3.89. The monoisotopic (exact) mass is 761 g/mol. The Morgan fingerprint density at radius 1 is 0.804 bits per heavy atom. The summed E-state index contributed by atoms with van der Waals surface area (Å²) in [5.74, 6) is -1.27. The maximum absolute atomic E-state index is 13.3. The summed E-state index contributed by atoms with van der Waals surface area (Å²) < 4.78 is 30.5. The minimum atomic E-state index is -0.983. The number of benzene rings is 4. The highest BCUT2D eigenvalue weighted by Crippen LogP contribution is 2.40. The zero-order valence-corrected chi connectivity index (χ0v) is 31.2. The smallest absolute Gasteiger partial charge is 0.408 e. The van der Waals surface area contributed by atoms with Gasteiger partial charge in [0.15, 0.2) is 12.1 Å². The summed E-state index contributed by atoms with van der Waals surface area (Å²) in [5.41, 5.74) is 6.18. The van der Waals surface area contributed by atoms with Gasteiger partial charge in [0.1, 0.15) is 12.6 Å². The molecule has 0 bridgehead atoms. The van der Waals surface area contributed by atoms with Gasteiger partial charge in [-0.25, -0.2) is 4.79 Å². The number of ether oxygens (including phenoxy) is 5. The second-order valence-electron chi connectivity index (χ2n) is 14.9. The van der Waals surface area contributed by atoms with E-state index in [2.05, 4.69) is 16.3 Å². The third-order valence-corrected chi connectivity index (χ3v) is 11.0. The first-order valence-corrected chi connectivity index (χ1v) is 19.3. The number of piperidine rings is 1. The lowest BCUT2D eigenvalue weighted by atomic mass is 9.97. The minimum Gasteiger partial charge on any atom is -0.445 e. The van der Waals surface area contributed by atoms with Crippen LogP contribution in [0, 0.1) is 0 Å². The first-order chi connectivity index (χ1) is 27.3. The molecule has 4 aromatic carbocycles. The van der Waals surface area contributed by atoms with E-state index in [1.807, 2.05) is 97.1 Å². The van der Waals surface area contributed by atoms with Gasteiger partial charge in [0, 0.05) is 44.5 Å². The molecule has 12 heteroatoms. The quantitative estimate of drug-likeness (QED) is 0.181. The van der Waals surface area contributed by atoms with Gasteiger partial charge in [-0.15, -0.1) is 0 Å². The van der Waals surface area contributed by atoms with E-state index in [4.69, 9.17) is 23.7 Å². The van der Waals surface area contributed by atoms with E-state index in [0.29, 0.717) is 19.6 Å². The number of carbonyl (C=O) groups excluding carboxylic acids is 3. The summed E-state index contributed by atoms with van der Waals surface area (Å²) in [6, 6.07) is 31.9. The van der Waals surface area contributed by atoms with Crippen molar-refractivity contribution < 1.29 is 43.2 Å². The maximum Gasteiger partial charge on any atom is 0.408 e. The Hall–Kier alpha value is -4.95. The Bertz CT molecular complexity index is 1990. The summed E-state index contributed by atoms with van der Waals surface area (Å²) in [4.78, 5) is 42.3. The second-order valence-corrected chi connectivity index (χ2v) is 14.9. The van der Waals surface area contributed by atoms with E-state index in [-0.39, 0.29) is 44.3 Å². The topological polar surface area (TPSA) is 136 Å². The standard InChI is InChI=1S/C44H47N3O9/c48-28-30-12-14-33(15-13-30)39-24-37(27-46-18-16-44(17-19-46)53-20-21-54-44)55-42(56-39)36-11-5-10-35(23-36)34-9-4-8-32(22-34)26-47-40(49)25-38(41(47)50)45-43(51)52-29-31-6-2-1-3-7-31/h1-15,22-23,37-39,42,48H,16-21,24-29H2,(H,45,51)/t37-,38?,39+,42+/m0/s1. The van der Waals surface area contributed by atoms with Crippen LogP contribution in [0.4, 0.5) is 4.79 Å². The number of imide groups is 1. The van der Waals surface area contributed by atoms with E-state index >= 15 is 0 Å². The Kier molecular flexibility index (Phi) is 11.6. The van der Waals surface area contributed by atoms with Gasteiger partial charge in [0.2, 0.25) is 5.91 Å². The molecule has 2 N–H and O–H groups in total. The lowest BCUT2D eigenvalue weighted by molar-refractivity contribution is -0.255. The number of carbonyl (C=O) groups is 3. The average Bonchev–Trinajstić information content (AvgIpc) is 3.80. The zero-order valence-electron chi connectivity index (χ0n) is 31.2. The fourth-order valence-electron chi connectivity index (χ4n) is 7.95. The molecule has 4 heterocycles. The number of hydrogen-bond donors (Lipinski definition) is 2. The van der Waals surface area contributed by atoms with Gasteiger partial charge in [-0.2, -0.15) is 0 Å². The highest BCUT2D eigenvalue weighted by Gasteiger charge is 2.42. The summed E-state index contributed by atoms with van der Waals surface area (Å²) in [5, 5.41) is 12.2. The van der Waals surface area contributed by atoms with Crippen molar-refractivity contribution in [3.05, 3.63) is 131 Å². The van der Waals surface area contributed by atoms with Crippen molar-refractivity contribution in [1.29, 1.82) is 0 Å². The average molecular weight is 762 g/mol. The number of rotatable bonds is 11. The molecule has 12 nitrogen and oxygen atoms in total. The molecule has 3 amide bonds. The molecule has 1 spiro atoms. The number of nitrogens with one attached hydrogen (secondary N) is 1. The molecule has 8 rings (SSSR count). The van der Waals surface area contributed by atoms with Gasteiger partial charge in [-0.05, 0) is 45.5 Å². The van der Waals surface area contributed by atoms with E-state index in [1.165, 1.54) is 4.90 Å². The second kappa shape index (κ2) is 17.0. The van der Waals surface area contributed by atoms with Crippen molar-refractivity contribution in [2.24, 2.45) is 0 Å². The molecule has 4 fully saturated rings. The number of hydrogen-bond acceptors (Lipinski definition) is 10. The molecule has 0 radical (unpaired) electrons. The molecule has 4 aliphatic rings. The number of nitrogens with zero attached hydrogens (tertiary/aromatic N) is 2. The largest absolute Gasteiger partial charge is 0.445 e. The van der Waals surface area contributed by atoms with Crippen LogP contribution in [0.25, 0.3) is 11.1 Å². The Morgan fingerprint density at radius 2 is 1.52 bits per heavy atom. The molecule has 56 heavy (non-hydrogen) atoms. The van der Waals surface area contributed by atoms with Gasteiger partial charge < -0.3 is 39.0 Å². The van der Waals surface area contributed by atoms with Crippen molar-refractivity contribution in [3.8, 4) is 11.1 Å². The molecule has 4 saturated heterocycles. The number of amides is 3. The minimum absolute atomic E-state index is 0.0214. The van der Waals surface area contributed by atoms with E-state index in [0.717, 1.165) is 71.4 Å². The van der Waals surface area contributed by atoms with Gasteiger partial charge in [-0.3, -0.25) is 14.5 Å². The Labute approximate surface area is 326 Å². The third-order valence-electron chi connectivity index (χ3n) is 11.0. The Balaban J connectivity index is 0.939. The first kappa shape index (κ1) is 37.9. The SMILES string of the molecule is O=C(NC1CC(=O)N(Cc2cccc(-c3cccc([C@@H]4O[C@H](CN5CCC6(CC5)OCCO6)C[C@H](c5ccc(CO)cc5)O4)c3)c2)C1=O)OCc1ccccc1. The van der Waals surface area contributed by atoms with Crippen LogP contribution in [0.3, 0.4) is 0 Å². The van der Waals surface area contributed by atoms with Crippen LogP contribution in [-0.2, 0) is 53.0 Å². The number of aliphatic hydroxyl groups is 1. The lowest BCUT2D eigenvalue weighted by Gasteiger charge is -2.41. The summed E-state index contributed by atoms with van der Waals surface area (Å²) in [7, 11) is 0. The van der Waals surface area contributed by atoms with Crippen LogP contribution in [0.2, 0.25) is 0 Å². The van der Waals surface area contributed by atoms with Crippen LogP contribution < -0.4 is 5.32 Å². The van der Waals surface area contributed by atoms with E-state index < -0.39 is 30.1 Å². The van der Waals surface area contributed by atoms with Gasteiger partial charge >= 0.3 is 6.09 Å². The predicted molar refractivity (Wildman–Crippen MR) is 204 cm³/mol. The molecular formula is C44H47N3O9. The zero-order chi connectivity index (χ0) is 38.5. The fraction of sp³-hybridized carbons (Fsp3) is 0.386. The predicted octanol–water partition coefficient (Wildman–Crippen LogP) is 5.78. The number of aliphatic hydroxyl groups excluding tert-OH is 1. The molecule has 4 aliphatic heterocycles. The van der Waals surface area contributed by atoms with E-state index in [1.54, 1.807) is 0 Å². The van der Waals surface area contributed by atoms with Crippen molar-refractivity contribution in [3.63, 3.8) is 0 Å². The molecule has 292 valence electrons. The van der Waals surface area contributed by atoms with E-state index in [9.17, 15) is 19.5 Å². The van der Waals surface area contributed by atoms with Crippen molar-refractivity contribution >= 4 is 17.9 Å². The molecule has 4 aromatic rings. The summed E-state index contributed by atoms with van der Waals surface area (Å²) >= 11 is 0. The highest BCUT2D eigenvalue weighted by atomic mass is 16.7. The normalized spacial score (nSPS) is 23.8. The number of alkyl carbamates (subject to hydrolysis) is 1. The third kappa shape index (κ3) is 8.86. The van der Waals surface area contributed by atoms with Gasteiger partial charge in [0.05, 0.1) is 45.0 Å². The van der Waals surface area contributed by atoms with Crippen LogP contribution in [-0.4, -0.2) is 83.6 Å². The van der Waals surface area contributed by atoms with Crippen LogP contribution in [0.1, 0.15) is 65.9 Å². The van der Waals surface area contributed by atoms with Crippen molar-refractivity contribution in [2.75, 3.05) is 32.8 Å². The fourth-order valence-corrected chi connectivity index (χ4v) is 7.95. The van der Waals surface area contributed by atoms with Crippen molar-refractivity contribution in [2.45, 2.75) is 75.8 Å². The molecule has 0 aliphatic carbocycles. The van der Waals surface area contributed by atoms with Crippen LogP contribution in [0.5, 0.6) is 0 Å².